The van der Waals surface area contributed by atoms with Crippen molar-refractivity contribution >= 4 is 10.0 Å². The molecule has 6 heteroatoms. The lowest BCUT2D eigenvalue weighted by atomic mass is 10.2. The van der Waals surface area contributed by atoms with Crippen molar-refractivity contribution in [2.75, 3.05) is 19.7 Å². The van der Waals surface area contributed by atoms with E-state index in [0.717, 1.165) is 5.56 Å². The Morgan fingerprint density at radius 2 is 2.19 bits per heavy atom. The molecule has 0 spiro atoms. The van der Waals surface area contributed by atoms with Gasteiger partial charge < -0.3 is 10.4 Å². The molecule has 0 amide bonds. The molecular weight excluding hydrogens is 288 g/mol. The monoisotopic (exact) mass is 310 g/mol. The molecule has 0 radical (unpaired) electrons. The molecule has 1 aliphatic carbocycles. The molecule has 5 nitrogen and oxygen atoms in total. The van der Waals surface area contributed by atoms with Crippen molar-refractivity contribution in [3.05, 3.63) is 42.5 Å². The molecule has 1 fully saturated rings. The highest BCUT2D eigenvalue weighted by atomic mass is 32.2. The molecule has 1 aliphatic rings. The quantitative estimate of drug-likeness (QED) is 0.670. The minimum Gasteiger partial charge on any atom is -0.395 e. The summed E-state index contributed by atoms with van der Waals surface area (Å²) in [6, 6.07) is 7.53. The largest absolute Gasteiger partial charge is 0.395 e. The third kappa shape index (κ3) is 4.38. The van der Waals surface area contributed by atoms with Crippen molar-refractivity contribution in [1.82, 2.24) is 9.62 Å². The SMILES string of the molecule is C=CCN(CCO)S(=O)(=O)c1cccc(CNC2CC2)c1. The van der Waals surface area contributed by atoms with Crippen molar-refractivity contribution in [3.63, 3.8) is 0 Å². The van der Waals surface area contributed by atoms with Gasteiger partial charge in [0.25, 0.3) is 0 Å². The molecule has 1 aromatic rings. The minimum atomic E-state index is -3.60. The molecule has 1 saturated carbocycles. The minimum absolute atomic E-state index is 0.0684. The predicted molar refractivity (Wildman–Crippen MR) is 82.3 cm³/mol. The molecular formula is C15H22N2O3S. The topological polar surface area (TPSA) is 69.6 Å². The van der Waals surface area contributed by atoms with Crippen LogP contribution in [0.1, 0.15) is 18.4 Å². The number of aliphatic hydroxyl groups excluding tert-OH is 1. The van der Waals surface area contributed by atoms with E-state index in [9.17, 15) is 8.42 Å². The fraction of sp³-hybridized carbons (Fsp3) is 0.467. The zero-order valence-electron chi connectivity index (χ0n) is 12.0. The lowest BCUT2D eigenvalue weighted by Crippen LogP contribution is -2.33. The highest BCUT2D eigenvalue weighted by Gasteiger charge is 2.24. The smallest absolute Gasteiger partial charge is 0.243 e. The molecule has 2 N–H and O–H groups in total. The van der Waals surface area contributed by atoms with Crippen LogP contribution in [0, 0.1) is 0 Å². The van der Waals surface area contributed by atoms with Crippen molar-refractivity contribution < 1.29 is 13.5 Å². The van der Waals surface area contributed by atoms with Crippen LogP contribution in [0.2, 0.25) is 0 Å². The molecule has 0 heterocycles. The van der Waals surface area contributed by atoms with Crippen LogP contribution in [-0.4, -0.2) is 43.6 Å². The molecule has 0 saturated heterocycles. The van der Waals surface area contributed by atoms with Gasteiger partial charge in [-0.15, -0.1) is 6.58 Å². The summed E-state index contributed by atoms with van der Waals surface area (Å²) < 4.78 is 26.4. The maximum absolute atomic E-state index is 12.6. The van der Waals surface area contributed by atoms with Gasteiger partial charge in [-0.2, -0.15) is 4.31 Å². The van der Waals surface area contributed by atoms with E-state index >= 15 is 0 Å². The van der Waals surface area contributed by atoms with E-state index in [-0.39, 0.29) is 24.6 Å². The van der Waals surface area contributed by atoms with E-state index in [1.54, 1.807) is 18.2 Å². The number of rotatable bonds is 9. The molecule has 0 unspecified atom stereocenters. The van der Waals surface area contributed by atoms with Gasteiger partial charge in [-0.3, -0.25) is 0 Å². The molecule has 0 aromatic heterocycles. The van der Waals surface area contributed by atoms with E-state index in [1.807, 2.05) is 6.07 Å². The number of hydrogen-bond donors (Lipinski definition) is 2. The third-order valence-electron chi connectivity index (χ3n) is 3.39. The Morgan fingerprint density at radius 3 is 2.81 bits per heavy atom. The Kier molecular flexibility index (Phi) is 5.52. The Bertz CT molecular complexity index is 582. The summed E-state index contributed by atoms with van der Waals surface area (Å²) in [6.07, 6.45) is 3.91. The number of benzene rings is 1. The lowest BCUT2D eigenvalue weighted by molar-refractivity contribution is 0.260. The van der Waals surface area contributed by atoms with E-state index in [2.05, 4.69) is 11.9 Å². The summed E-state index contributed by atoms with van der Waals surface area (Å²) in [6.45, 7) is 4.29. The lowest BCUT2D eigenvalue weighted by Gasteiger charge is -2.20. The molecule has 1 aromatic carbocycles. The average Bonchev–Trinajstić information content (AvgIpc) is 3.29. The van der Waals surface area contributed by atoms with Crippen molar-refractivity contribution in [2.45, 2.75) is 30.3 Å². The van der Waals surface area contributed by atoms with Crippen molar-refractivity contribution in [1.29, 1.82) is 0 Å². The Labute approximate surface area is 126 Å². The maximum atomic E-state index is 12.6. The molecule has 0 aliphatic heterocycles. The average molecular weight is 310 g/mol. The zero-order chi connectivity index (χ0) is 15.3. The Balaban J connectivity index is 2.16. The highest BCUT2D eigenvalue weighted by Crippen LogP contribution is 2.21. The molecule has 21 heavy (non-hydrogen) atoms. The molecule has 116 valence electrons. The van der Waals surface area contributed by atoms with Crippen LogP contribution in [0.3, 0.4) is 0 Å². The summed E-state index contributed by atoms with van der Waals surface area (Å²) in [5, 5.41) is 12.4. The number of nitrogens with one attached hydrogen (secondary N) is 1. The predicted octanol–water partition coefficient (Wildman–Crippen LogP) is 1.11. The normalized spacial score (nSPS) is 15.3. The first kappa shape index (κ1) is 16.2. The summed E-state index contributed by atoms with van der Waals surface area (Å²) >= 11 is 0. The number of hydrogen-bond acceptors (Lipinski definition) is 4. The van der Waals surface area contributed by atoms with Crippen molar-refractivity contribution in [3.8, 4) is 0 Å². The second kappa shape index (κ2) is 7.17. The van der Waals surface area contributed by atoms with Gasteiger partial charge in [0, 0.05) is 25.7 Å². The van der Waals surface area contributed by atoms with Crippen LogP contribution in [0.25, 0.3) is 0 Å². The second-order valence-electron chi connectivity index (χ2n) is 5.18. The van der Waals surface area contributed by atoms with Gasteiger partial charge in [0.05, 0.1) is 11.5 Å². The Hall–Kier alpha value is -1.21. The summed E-state index contributed by atoms with van der Waals surface area (Å²) in [4.78, 5) is 0.257. The van der Waals surface area contributed by atoms with Crippen LogP contribution in [-0.2, 0) is 16.6 Å². The van der Waals surface area contributed by atoms with Crippen molar-refractivity contribution in [2.24, 2.45) is 0 Å². The van der Waals surface area contributed by atoms with Crippen LogP contribution in [0.5, 0.6) is 0 Å². The van der Waals surface area contributed by atoms with E-state index < -0.39 is 10.0 Å². The molecule has 2 rings (SSSR count). The van der Waals surface area contributed by atoms with Crippen LogP contribution in [0.4, 0.5) is 0 Å². The van der Waals surface area contributed by atoms with Gasteiger partial charge in [0.1, 0.15) is 0 Å². The first-order chi connectivity index (χ1) is 10.1. The van der Waals surface area contributed by atoms with Gasteiger partial charge in [-0.25, -0.2) is 8.42 Å². The molecule has 0 bridgehead atoms. The standard InChI is InChI=1S/C15H22N2O3S/c1-2-8-17(9-10-18)21(19,20)15-5-3-4-13(11-15)12-16-14-6-7-14/h2-5,11,14,16,18H,1,6-10,12H2. The maximum Gasteiger partial charge on any atom is 0.243 e. The third-order valence-corrected chi connectivity index (χ3v) is 5.25. The van der Waals surface area contributed by atoms with Gasteiger partial charge in [-0.1, -0.05) is 18.2 Å². The number of nitrogens with zero attached hydrogens (tertiary/aromatic N) is 1. The first-order valence-electron chi connectivity index (χ1n) is 7.12. The second-order valence-corrected chi connectivity index (χ2v) is 7.12. The highest BCUT2D eigenvalue weighted by molar-refractivity contribution is 7.89. The first-order valence-corrected chi connectivity index (χ1v) is 8.56. The van der Waals surface area contributed by atoms with Crippen LogP contribution < -0.4 is 5.32 Å². The summed E-state index contributed by atoms with van der Waals surface area (Å²) in [7, 11) is -3.60. The van der Waals surface area contributed by atoms with E-state index in [0.29, 0.717) is 12.6 Å². The summed E-state index contributed by atoms with van der Waals surface area (Å²) in [5.74, 6) is 0. The van der Waals surface area contributed by atoms with E-state index in [1.165, 1.54) is 23.2 Å². The van der Waals surface area contributed by atoms with Crippen LogP contribution >= 0.6 is 0 Å². The van der Waals surface area contributed by atoms with Crippen LogP contribution in [0.15, 0.2) is 41.8 Å². The van der Waals surface area contributed by atoms with Gasteiger partial charge >= 0.3 is 0 Å². The fourth-order valence-corrected chi connectivity index (χ4v) is 3.55. The van der Waals surface area contributed by atoms with Gasteiger partial charge in [-0.05, 0) is 30.5 Å². The fourth-order valence-electron chi connectivity index (χ4n) is 2.08. The molecule has 0 atom stereocenters. The van der Waals surface area contributed by atoms with Gasteiger partial charge in [0.15, 0.2) is 0 Å². The zero-order valence-corrected chi connectivity index (χ0v) is 12.8. The van der Waals surface area contributed by atoms with E-state index in [4.69, 9.17) is 5.11 Å². The Morgan fingerprint density at radius 1 is 1.43 bits per heavy atom. The van der Waals surface area contributed by atoms with Gasteiger partial charge in [0.2, 0.25) is 10.0 Å². The number of aliphatic hydroxyl groups is 1. The summed E-state index contributed by atoms with van der Waals surface area (Å²) in [5.41, 5.74) is 0.950. The number of sulfonamides is 1.